The topological polar surface area (TPSA) is 53.6 Å². The Kier molecular flexibility index (Phi) is 3.06. The second-order valence-electron chi connectivity index (χ2n) is 4.59. The Morgan fingerprint density at radius 1 is 1.22 bits per heavy atom. The van der Waals surface area contributed by atoms with Crippen LogP contribution in [0.5, 0.6) is 0 Å². The third-order valence-corrected chi connectivity index (χ3v) is 3.29. The molecule has 5 heteroatoms. The van der Waals surface area contributed by atoms with E-state index in [1.165, 1.54) is 12.1 Å². The predicted molar refractivity (Wildman–Crippen MR) is 66.6 cm³/mol. The van der Waals surface area contributed by atoms with Crippen LogP contribution in [-0.4, -0.2) is 28.3 Å². The Bertz CT molecular complexity index is 514. The number of hydrogen-bond acceptors (Lipinski definition) is 3. The zero-order chi connectivity index (χ0) is 12.4. The van der Waals surface area contributed by atoms with Crippen LogP contribution in [0.4, 0.5) is 4.39 Å². The van der Waals surface area contributed by atoms with Crippen LogP contribution < -0.4 is 5.32 Å². The highest BCUT2D eigenvalue weighted by atomic mass is 19.1. The molecule has 2 N–H and O–H groups in total. The van der Waals surface area contributed by atoms with E-state index in [-0.39, 0.29) is 5.82 Å². The van der Waals surface area contributed by atoms with Gasteiger partial charge in [-0.3, -0.25) is 5.10 Å². The van der Waals surface area contributed by atoms with Crippen LogP contribution in [0.3, 0.4) is 0 Å². The summed E-state index contributed by atoms with van der Waals surface area (Å²) in [5, 5.41) is 10.6. The molecule has 0 radical (unpaired) electrons. The molecule has 0 saturated carbocycles. The Balaban J connectivity index is 1.82. The maximum atomic E-state index is 12.8. The zero-order valence-electron chi connectivity index (χ0n) is 9.99. The highest BCUT2D eigenvalue weighted by Crippen LogP contribution is 2.22. The van der Waals surface area contributed by atoms with Crippen molar-refractivity contribution in [2.24, 2.45) is 0 Å². The van der Waals surface area contributed by atoms with Crippen molar-refractivity contribution >= 4 is 0 Å². The first-order valence-electron chi connectivity index (χ1n) is 6.22. The molecule has 1 fully saturated rings. The monoisotopic (exact) mass is 246 g/mol. The number of benzene rings is 1. The molecule has 18 heavy (non-hydrogen) atoms. The molecule has 1 aromatic heterocycles. The Morgan fingerprint density at radius 2 is 2.06 bits per heavy atom. The average Bonchev–Trinajstić information content (AvgIpc) is 2.90. The molecule has 1 aromatic carbocycles. The molecule has 0 bridgehead atoms. The lowest BCUT2D eigenvalue weighted by Gasteiger charge is -2.20. The van der Waals surface area contributed by atoms with Crippen LogP contribution in [-0.2, 0) is 0 Å². The van der Waals surface area contributed by atoms with Gasteiger partial charge in [0.1, 0.15) is 11.6 Å². The molecule has 0 amide bonds. The van der Waals surface area contributed by atoms with Gasteiger partial charge in [0.25, 0.3) is 0 Å². The smallest absolute Gasteiger partial charge is 0.181 e. The SMILES string of the molecule is Fc1ccc(-c2n[nH]c([C@@H]3CCCNC3)n2)cc1. The number of aromatic amines is 1. The van der Waals surface area contributed by atoms with Gasteiger partial charge in [0.05, 0.1) is 0 Å². The van der Waals surface area contributed by atoms with E-state index in [4.69, 9.17) is 0 Å². The van der Waals surface area contributed by atoms with E-state index in [0.29, 0.717) is 11.7 Å². The molecule has 1 aliphatic heterocycles. The van der Waals surface area contributed by atoms with Crippen molar-refractivity contribution in [1.82, 2.24) is 20.5 Å². The molecule has 0 aliphatic carbocycles. The standard InChI is InChI=1S/C13H15FN4/c14-11-5-3-9(4-6-11)12-16-13(18-17-12)10-2-1-7-15-8-10/h3-6,10,15H,1-2,7-8H2,(H,16,17,18)/t10-/m1/s1. The van der Waals surface area contributed by atoms with Gasteiger partial charge >= 0.3 is 0 Å². The summed E-state index contributed by atoms with van der Waals surface area (Å²) >= 11 is 0. The number of nitrogens with zero attached hydrogens (tertiary/aromatic N) is 2. The van der Waals surface area contributed by atoms with E-state index in [1.54, 1.807) is 12.1 Å². The highest BCUT2D eigenvalue weighted by Gasteiger charge is 2.19. The first-order chi connectivity index (χ1) is 8.83. The predicted octanol–water partition coefficient (Wildman–Crippen LogP) is 2.08. The van der Waals surface area contributed by atoms with Gasteiger partial charge in [-0.15, -0.1) is 0 Å². The normalized spacial score (nSPS) is 19.9. The molecular formula is C13H15FN4. The van der Waals surface area contributed by atoms with Gasteiger partial charge in [-0.2, -0.15) is 5.10 Å². The van der Waals surface area contributed by atoms with Crippen LogP contribution in [0, 0.1) is 5.82 Å². The van der Waals surface area contributed by atoms with Gasteiger partial charge in [0, 0.05) is 18.0 Å². The van der Waals surface area contributed by atoms with Crippen molar-refractivity contribution in [2.45, 2.75) is 18.8 Å². The molecule has 94 valence electrons. The number of nitrogens with one attached hydrogen (secondary N) is 2. The molecule has 0 spiro atoms. The van der Waals surface area contributed by atoms with Gasteiger partial charge in [0.2, 0.25) is 0 Å². The van der Waals surface area contributed by atoms with E-state index in [2.05, 4.69) is 20.5 Å². The molecule has 2 aromatic rings. The zero-order valence-corrected chi connectivity index (χ0v) is 9.99. The minimum atomic E-state index is -0.244. The molecule has 0 unspecified atom stereocenters. The average molecular weight is 246 g/mol. The lowest BCUT2D eigenvalue weighted by Crippen LogP contribution is -2.28. The third kappa shape index (κ3) is 2.26. The van der Waals surface area contributed by atoms with Crippen LogP contribution in [0.2, 0.25) is 0 Å². The maximum Gasteiger partial charge on any atom is 0.181 e. The summed E-state index contributed by atoms with van der Waals surface area (Å²) in [5.74, 6) is 1.71. The first kappa shape index (κ1) is 11.3. The van der Waals surface area contributed by atoms with Crippen molar-refractivity contribution in [3.05, 3.63) is 35.9 Å². The number of aromatic nitrogens is 3. The third-order valence-electron chi connectivity index (χ3n) is 3.29. The van der Waals surface area contributed by atoms with E-state index in [0.717, 1.165) is 37.3 Å². The van der Waals surface area contributed by atoms with E-state index in [1.807, 2.05) is 0 Å². The van der Waals surface area contributed by atoms with Gasteiger partial charge in [-0.05, 0) is 43.7 Å². The second-order valence-corrected chi connectivity index (χ2v) is 4.59. The molecule has 1 atom stereocenters. The van der Waals surface area contributed by atoms with E-state index >= 15 is 0 Å². The van der Waals surface area contributed by atoms with Crippen LogP contribution in [0.15, 0.2) is 24.3 Å². The van der Waals surface area contributed by atoms with Gasteiger partial charge < -0.3 is 5.32 Å². The first-order valence-corrected chi connectivity index (χ1v) is 6.22. The van der Waals surface area contributed by atoms with Gasteiger partial charge in [-0.25, -0.2) is 9.37 Å². The fourth-order valence-electron chi connectivity index (χ4n) is 2.27. The summed E-state index contributed by atoms with van der Waals surface area (Å²) in [5.41, 5.74) is 0.836. The summed E-state index contributed by atoms with van der Waals surface area (Å²) < 4.78 is 12.8. The maximum absolute atomic E-state index is 12.8. The summed E-state index contributed by atoms with van der Waals surface area (Å²) in [6.45, 7) is 2.02. The van der Waals surface area contributed by atoms with Crippen molar-refractivity contribution in [2.75, 3.05) is 13.1 Å². The number of halogens is 1. The van der Waals surface area contributed by atoms with Gasteiger partial charge in [-0.1, -0.05) is 0 Å². The lowest BCUT2D eigenvalue weighted by molar-refractivity contribution is 0.447. The number of hydrogen-bond donors (Lipinski definition) is 2. The molecule has 1 saturated heterocycles. The minimum absolute atomic E-state index is 0.244. The summed E-state index contributed by atoms with van der Waals surface area (Å²) in [7, 11) is 0. The van der Waals surface area contributed by atoms with Crippen LogP contribution in [0.1, 0.15) is 24.6 Å². The second kappa shape index (κ2) is 4.86. The van der Waals surface area contributed by atoms with Crippen molar-refractivity contribution in [3.63, 3.8) is 0 Å². The van der Waals surface area contributed by atoms with Crippen LogP contribution in [0.25, 0.3) is 11.4 Å². The largest absolute Gasteiger partial charge is 0.316 e. The summed E-state index contributed by atoms with van der Waals surface area (Å²) in [6.07, 6.45) is 2.29. The van der Waals surface area contributed by atoms with E-state index < -0.39 is 0 Å². The fraction of sp³-hybridized carbons (Fsp3) is 0.385. The quantitative estimate of drug-likeness (QED) is 0.853. The molecule has 4 nitrogen and oxygen atoms in total. The van der Waals surface area contributed by atoms with Crippen LogP contribution >= 0.6 is 0 Å². The molecule has 3 rings (SSSR count). The van der Waals surface area contributed by atoms with Gasteiger partial charge in [0.15, 0.2) is 5.82 Å². The fourth-order valence-corrected chi connectivity index (χ4v) is 2.27. The minimum Gasteiger partial charge on any atom is -0.316 e. The lowest BCUT2D eigenvalue weighted by atomic mass is 9.99. The van der Waals surface area contributed by atoms with E-state index in [9.17, 15) is 4.39 Å². The highest BCUT2D eigenvalue weighted by molar-refractivity contribution is 5.54. The van der Waals surface area contributed by atoms with Crippen molar-refractivity contribution < 1.29 is 4.39 Å². The van der Waals surface area contributed by atoms with Crippen molar-refractivity contribution in [1.29, 1.82) is 0 Å². The molecule has 1 aliphatic rings. The van der Waals surface area contributed by atoms with Crippen molar-refractivity contribution in [3.8, 4) is 11.4 Å². The number of piperidine rings is 1. The Morgan fingerprint density at radius 3 is 2.78 bits per heavy atom. The summed E-state index contributed by atoms with van der Waals surface area (Å²) in [6, 6.07) is 6.24. The molecule has 2 heterocycles. The number of H-pyrrole nitrogens is 1. The Hall–Kier alpha value is -1.75. The molecular weight excluding hydrogens is 231 g/mol. The number of rotatable bonds is 2. The Labute approximate surface area is 105 Å². The summed E-state index contributed by atoms with van der Waals surface area (Å²) in [4.78, 5) is 4.50.